The topological polar surface area (TPSA) is 20.2 Å². The van der Waals surface area contributed by atoms with E-state index >= 15 is 0 Å². The van der Waals surface area contributed by atoms with Gasteiger partial charge in [0.1, 0.15) is 0 Å². The van der Waals surface area contributed by atoms with Crippen molar-refractivity contribution in [3.8, 4) is 0 Å². The fourth-order valence-corrected chi connectivity index (χ4v) is 2.68. The van der Waals surface area contributed by atoms with Crippen LogP contribution in [0.4, 0.5) is 13.2 Å². The van der Waals surface area contributed by atoms with Gasteiger partial charge in [-0.15, -0.1) is 0 Å². The summed E-state index contributed by atoms with van der Waals surface area (Å²) in [6, 6.07) is 6.70. The summed E-state index contributed by atoms with van der Waals surface area (Å²) < 4.78 is 37.7. The van der Waals surface area contributed by atoms with Crippen molar-refractivity contribution < 1.29 is 18.3 Å². The summed E-state index contributed by atoms with van der Waals surface area (Å²) >= 11 is 5.84. The van der Waals surface area contributed by atoms with E-state index in [-0.39, 0.29) is 25.7 Å². The molecule has 0 radical (unpaired) electrons. The van der Waals surface area contributed by atoms with E-state index in [1.54, 1.807) is 24.3 Å². The summed E-state index contributed by atoms with van der Waals surface area (Å²) in [7, 11) is 0. The van der Waals surface area contributed by atoms with Crippen molar-refractivity contribution in [1.29, 1.82) is 0 Å². The molecule has 0 spiro atoms. The minimum absolute atomic E-state index is 0.0352. The van der Waals surface area contributed by atoms with Crippen molar-refractivity contribution in [2.45, 2.75) is 37.5 Å². The Kier molecular flexibility index (Phi) is 3.60. The summed E-state index contributed by atoms with van der Waals surface area (Å²) in [6.45, 7) is 0. The Labute approximate surface area is 109 Å². The molecule has 100 valence electrons. The second kappa shape index (κ2) is 4.74. The van der Waals surface area contributed by atoms with Crippen molar-refractivity contribution in [1.82, 2.24) is 0 Å². The number of alkyl halides is 3. The average molecular weight is 279 g/mol. The van der Waals surface area contributed by atoms with Crippen molar-refractivity contribution in [2.24, 2.45) is 5.92 Å². The maximum Gasteiger partial charge on any atom is 0.391 e. The van der Waals surface area contributed by atoms with Crippen molar-refractivity contribution in [3.63, 3.8) is 0 Å². The molecular formula is C13H14ClF3O. The SMILES string of the molecule is OC1(c2cccc(Cl)c2)CCC(C(F)(F)F)CC1. The van der Waals surface area contributed by atoms with E-state index < -0.39 is 17.7 Å². The van der Waals surface area contributed by atoms with Gasteiger partial charge in [0, 0.05) is 5.02 Å². The molecule has 1 fully saturated rings. The minimum Gasteiger partial charge on any atom is -0.385 e. The summed E-state index contributed by atoms with van der Waals surface area (Å²) in [6.07, 6.45) is -3.98. The normalized spacial score (nSPS) is 29.3. The number of hydrogen-bond donors (Lipinski definition) is 1. The molecular weight excluding hydrogens is 265 g/mol. The highest BCUT2D eigenvalue weighted by atomic mass is 35.5. The van der Waals surface area contributed by atoms with E-state index in [1.165, 1.54) is 0 Å². The molecule has 1 aliphatic rings. The van der Waals surface area contributed by atoms with Crippen LogP contribution in [0, 0.1) is 5.92 Å². The Morgan fingerprint density at radius 2 is 1.83 bits per heavy atom. The molecule has 0 aromatic heterocycles. The van der Waals surface area contributed by atoms with Gasteiger partial charge in [-0.25, -0.2) is 0 Å². The third kappa shape index (κ3) is 2.81. The minimum atomic E-state index is -4.16. The zero-order valence-corrected chi connectivity index (χ0v) is 10.4. The first-order valence-electron chi connectivity index (χ1n) is 5.86. The summed E-state index contributed by atoms with van der Waals surface area (Å²) in [5, 5.41) is 10.9. The van der Waals surface area contributed by atoms with Gasteiger partial charge in [-0.05, 0) is 43.4 Å². The molecule has 1 aromatic carbocycles. The van der Waals surface area contributed by atoms with Crippen LogP contribution >= 0.6 is 11.6 Å². The second-order valence-electron chi connectivity index (χ2n) is 4.86. The molecule has 18 heavy (non-hydrogen) atoms. The van der Waals surface area contributed by atoms with Crippen molar-refractivity contribution in [2.75, 3.05) is 0 Å². The predicted octanol–water partition coefficient (Wildman–Crippen LogP) is 4.28. The molecule has 1 nitrogen and oxygen atoms in total. The van der Waals surface area contributed by atoms with Crippen molar-refractivity contribution in [3.05, 3.63) is 34.9 Å². The van der Waals surface area contributed by atoms with Crippen LogP contribution in [0.5, 0.6) is 0 Å². The van der Waals surface area contributed by atoms with Gasteiger partial charge < -0.3 is 5.11 Å². The molecule has 2 rings (SSSR count). The maximum atomic E-state index is 12.6. The summed E-state index contributed by atoms with van der Waals surface area (Å²) in [5.41, 5.74) is -0.567. The fraction of sp³-hybridized carbons (Fsp3) is 0.538. The van der Waals surface area contributed by atoms with Gasteiger partial charge in [-0.2, -0.15) is 13.2 Å². The van der Waals surface area contributed by atoms with E-state index in [9.17, 15) is 18.3 Å². The molecule has 0 unspecified atom stereocenters. The molecule has 0 aliphatic heterocycles. The molecule has 0 atom stereocenters. The zero-order chi connectivity index (χ0) is 13.4. The van der Waals surface area contributed by atoms with Gasteiger partial charge in [-0.1, -0.05) is 23.7 Å². The van der Waals surface area contributed by atoms with Gasteiger partial charge in [-0.3, -0.25) is 0 Å². The van der Waals surface area contributed by atoms with Crippen LogP contribution in [0.25, 0.3) is 0 Å². The number of aliphatic hydroxyl groups is 1. The smallest absolute Gasteiger partial charge is 0.385 e. The summed E-state index contributed by atoms with van der Waals surface area (Å²) in [5.74, 6) is -1.29. The van der Waals surface area contributed by atoms with Crippen LogP contribution in [-0.2, 0) is 5.60 Å². The average Bonchev–Trinajstić information content (AvgIpc) is 2.28. The summed E-state index contributed by atoms with van der Waals surface area (Å²) in [4.78, 5) is 0. The number of hydrogen-bond acceptors (Lipinski definition) is 1. The highest BCUT2D eigenvalue weighted by Crippen LogP contribution is 2.45. The van der Waals surface area contributed by atoms with Crippen LogP contribution in [0.15, 0.2) is 24.3 Å². The quantitative estimate of drug-likeness (QED) is 0.813. The van der Waals surface area contributed by atoms with E-state index in [2.05, 4.69) is 0 Å². The number of halogens is 4. The highest BCUT2D eigenvalue weighted by molar-refractivity contribution is 6.30. The lowest BCUT2D eigenvalue weighted by molar-refractivity contribution is -0.193. The van der Waals surface area contributed by atoms with Gasteiger partial charge in [0.2, 0.25) is 0 Å². The standard InChI is InChI=1S/C13H14ClF3O/c14-11-3-1-2-10(8-11)12(18)6-4-9(5-7-12)13(15,16)17/h1-3,8-9,18H,4-7H2. The van der Waals surface area contributed by atoms with E-state index in [4.69, 9.17) is 11.6 Å². The maximum absolute atomic E-state index is 12.6. The highest BCUT2D eigenvalue weighted by Gasteiger charge is 2.45. The van der Waals surface area contributed by atoms with Gasteiger partial charge in [0.25, 0.3) is 0 Å². The Morgan fingerprint density at radius 1 is 1.22 bits per heavy atom. The molecule has 1 N–H and O–H groups in total. The molecule has 0 bridgehead atoms. The Morgan fingerprint density at radius 3 is 2.33 bits per heavy atom. The fourth-order valence-electron chi connectivity index (χ4n) is 2.49. The van der Waals surface area contributed by atoms with Crippen molar-refractivity contribution >= 4 is 11.6 Å². The molecule has 0 saturated heterocycles. The van der Waals surface area contributed by atoms with Crippen LogP contribution in [0.1, 0.15) is 31.2 Å². The molecule has 0 heterocycles. The van der Waals surface area contributed by atoms with Crippen LogP contribution in [0.2, 0.25) is 5.02 Å². The number of benzene rings is 1. The first-order valence-corrected chi connectivity index (χ1v) is 6.24. The lowest BCUT2D eigenvalue weighted by atomic mass is 9.75. The number of rotatable bonds is 1. The first kappa shape index (κ1) is 13.7. The zero-order valence-electron chi connectivity index (χ0n) is 9.67. The molecule has 0 amide bonds. The Bertz CT molecular complexity index is 422. The molecule has 5 heteroatoms. The van der Waals surface area contributed by atoms with Gasteiger partial charge >= 0.3 is 6.18 Å². The van der Waals surface area contributed by atoms with E-state index in [0.29, 0.717) is 10.6 Å². The lowest BCUT2D eigenvalue weighted by Gasteiger charge is -2.37. The Hall–Kier alpha value is -0.740. The van der Waals surface area contributed by atoms with E-state index in [1.807, 2.05) is 0 Å². The van der Waals surface area contributed by atoms with Gasteiger partial charge in [0.15, 0.2) is 0 Å². The van der Waals surface area contributed by atoms with Crippen LogP contribution < -0.4 is 0 Å². The van der Waals surface area contributed by atoms with Crippen LogP contribution in [0.3, 0.4) is 0 Å². The largest absolute Gasteiger partial charge is 0.391 e. The first-order chi connectivity index (χ1) is 8.31. The predicted molar refractivity (Wildman–Crippen MR) is 63.4 cm³/mol. The third-order valence-corrected chi connectivity index (χ3v) is 3.87. The third-order valence-electron chi connectivity index (χ3n) is 3.64. The van der Waals surface area contributed by atoms with Crippen LogP contribution in [-0.4, -0.2) is 11.3 Å². The van der Waals surface area contributed by atoms with E-state index in [0.717, 1.165) is 0 Å². The lowest BCUT2D eigenvalue weighted by Crippen LogP contribution is -2.36. The molecule has 1 aromatic rings. The van der Waals surface area contributed by atoms with Gasteiger partial charge in [0.05, 0.1) is 11.5 Å². The monoisotopic (exact) mass is 278 g/mol. The second-order valence-corrected chi connectivity index (χ2v) is 5.29. The molecule has 1 aliphatic carbocycles. The Balaban J connectivity index is 2.12. The molecule has 1 saturated carbocycles.